The van der Waals surface area contributed by atoms with Gasteiger partial charge in [0.2, 0.25) is 0 Å². The fourth-order valence-electron chi connectivity index (χ4n) is 1.71. The molecule has 3 nitrogen and oxygen atoms in total. The van der Waals surface area contributed by atoms with Crippen LogP contribution in [0.2, 0.25) is 0 Å². The van der Waals surface area contributed by atoms with Gasteiger partial charge in [0.05, 0.1) is 6.10 Å². The zero-order valence-corrected chi connectivity index (χ0v) is 11.5. The molecule has 0 amide bonds. The zero-order valence-electron chi connectivity index (χ0n) is 10.7. The van der Waals surface area contributed by atoms with Crippen molar-refractivity contribution in [3.63, 3.8) is 0 Å². The molecule has 18 heavy (non-hydrogen) atoms. The summed E-state index contributed by atoms with van der Waals surface area (Å²) in [5.74, 6) is -0.297. The molecule has 1 rings (SSSR count). The second-order valence-electron chi connectivity index (χ2n) is 4.54. The Morgan fingerprint density at radius 3 is 2.78 bits per heavy atom. The number of rotatable bonds is 6. The van der Waals surface area contributed by atoms with Crippen LogP contribution in [0.3, 0.4) is 0 Å². The fraction of sp³-hybridized carbons (Fsp3) is 0.462. The van der Waals surface area contributed by atoms with E-state index >= 15 is 0 Å². The molecule has 0 aromatic heterocycles. The average Bonchev–Trinajstić information content (AvgIpc) is 2.26. The van der Waals surface area contributed by atoms with Crippen LogP contribution in [0, 0.1) is 5.82 Å². The summed E-state index contributed by atoms with van der Waals surface area (Å²) in [5, 5.41) is 9.23. The van der Waals surface area contributed by atoms with Crippen LogP contribution in [-0.4, -0.2) is 34.7 Å². The van der Waals surface area contributed by atoms with Gasteiger partial charge >= 0.3 is 0 Å². The molecule has 5 heteroatoms. The lowest BCUT2D eigenvalue weighted by molar-refractivity contribution is 0.163. The summed E-state index contributed by atoms with van der Waals surface area (Å²) >= 11 is 4.95. The first kappa shape index (κ1) is 15.0. The van der Waals surface area contributed by atoms with Crippen molar-refractivity contribution in [3.05, 3.63) is 35.1 Å². The van der Waals surface area contributed by atoms with E-state index in [4.69, 9.17) is 18.0 Å². The molecule has 0 aliphatic rings. The minimum atomic E-state index is -0.338. The number of nitrogens with zero attached hydrogens (tertiary/aromatic N) is 1. The third kappa shape index (κ3) is 4.68. The maximum atomic E-state index is 13.2. The molecule has 0 aliphatic carbocycles. The number of halogens is 1. The van der Waals surface area contributed by atoms with Crippen LogP contribution in [0.4, 0.5) is 4.39 Å². The maximum absolute atomic E-state index is 13.2. The van der Waals surface area contributed by atoms with Crippen molar-refractivity contribution in [2.45, 2.75) is 26.0 Å². The van der Waals surface area contributed by atoms with E-state index in [2.05, 4.69) is 0 Å². The predicted octanol–water partition coefficient (Wildman–Crippen LogP) is 1.66. The quantitative estimate of drug-likeness (QED) is 0.772. The third-order valence-corrected chi connectivity index (χ3v) is 2.92. The lowest BCUT2D eigenvalue weighted by Crippen LogP contribution is -2.24. The zero-order chi connectivity index (χ0) is 13.7. The second-order valence-corrected chi connectivity index (χ2v) is 4.98. The molecule has 0 heterocycles. The Kier molecular flexibility index (Phi) is 5.65. The fourth-order valence-corrected chi connectivity index (χ4v) is 1.91. The number of nitrogens with two attached hydrogens (primary N) is 1. The minimum absolute atomic E-state index is 0.272. The highest BCUT2D eigenvalue weighted by molar-refractivity contribution is 7.80. The Balaban J connectivity index is 2.76. The summed E-state index contributed by atoms with van der Waals surface area (Å²) in [6.45, 7) is 3.03. The summed E-state index contributed by atoms with van der Waals surface area (Å²) < 4.78 is 13.2. The molecule has 3 N–H and O–H groups in total. The molecular formula is C13H19FN2OS. The largest absolute Gasteiger partial charge is 0.393 e. The monoisotopic (exact) mass is 270 g/mol. The van der Waals surface area contributed by atoms with Crippen molar-refractivity contribution in [1.82, 2.24) is 4.90 Å². The van der Waals surface area contributed by atoms with Crippen molar-refractivity contribution in [2.24, 2.45) is 5.73 Å². The molecule has 1 atom stereocenters. The van der Waals surface area contributed by atoms with Gasteiger partial charge in [-0.25, -0.2) is 4.39 Å². The van der Waals surface area contributed by atoms with Crippen molar-refractivity contribution < 1.29 is 9.50 Å². The Morgan fingerprint density at radius 2 is 2.22 bits per heavy atom. The highest BCUT2D eigenvalue weighted by Crippen LogP contribution is 2.14. The highest BCUT2D eigenvalue weighted by atomic mass is 32.1. The molecule has 0 bridgehead atoms. The van der Waals surface area contributed by atoms with E-state index in [1.165, 1.54) is 12.1 Å². The van der Waals surface area contributed by atoms with Gasteiger partial charge in [-0.05, 0) is 44.2 Å². The van der Waals surface area contributed by atoms with Gasteiger partial charge in [0.25, 0.3) is 0 Å². The van der Waals surface area contributed by atoms with Gasteiger partial charge in [-0.15, -0.1) is 0 Å². The highest BCUT2D eigenvalue weighted by Gasteiger charge is 2.09. The molecule has 1 aromatic rings. The van der Waals surface area contributed by atoms with Crippen LogP contribution in [0.25, 0.3) is 0 Å². The number of hydrogen-bond acceptors (Lipinski definition) is 3. The Labute approximate surface area is 112 Å². The first-order chi connectivity index (χ1) is 8.40. The summed E-state index contributed by atoms with van der Waals surface area (Å²) in [6.07, 6.45) is 0.337. The molecule has 0 saturated heterocycles. The molecule has 0 radical (unpaired) electrons. The van der Waals surface area contributed by atoms with Crippen LogP contribution in [0.1, 0.15) is 24.5 Å². The normalized spacial score (nSPS) is 12.7. The van der Waals surface area contributed by atoms with E-state index in [1.807, 2.05) is 11.9 Å². The van der Waals surface area contributed by atoms with Crippen LogP contribution >= 0.6 is 12.2 Å². The van der Waals surface area contributed by atoms with Crippen molar-refractivity contribution >= 4 is 17.2 Å². The summed E-state index contributed by atoms with van der Waals surface area (Å²) in [6, 6.07) is 4.41. The lowest BCUT2D eigenvalue weighted by Gasteiger charge is -2.19. The molecule has 1 aromatic carbocycles. The van der Waals surface area contributed by atoms with Gasteiger partial charge in [0.1, 0.15) is 10.8 Å². The van der Waals surface area contributed by atoms with Gasteiger partial charge in [-0.1, -0.05) is 12.2 Å². The summed E-state index contributed by atoms with van der Waals surface area (Å²) in [7, 11) is 1.91. The van der Waals surface area contributed by atoms with E-state index in [9.17, 15) is 9.50 Å². The lowest BCUT2D eigenvalue weighted by atomic mass is 10.1. The predicted molar refractivity (Wildman–Crippen MR) is 74.9 cm³/mol. The van der Waals surface area contributed by atoms with Gasteiger partial charge in [0.15, 0.2) is 0 Å². The van der Waals surface area contributed by atoms with Gasteiger partial charge in [0, 0.05) is 18.7 Å². The molecule has 100 valence electrons. The molecule has 1 unspecified atom stereocenters. The molecule has 0 fully saturated rings. The number of aliphatic hydroxyl groups is 1. The number of hydrogen-bond donors (Lipinski definition) is 2. The van der Waals surface area contributed by atoms with Gasteiger partial charge in [-0.3, -0.25) is 0 Å². The number of benzene rings is 1. The van der Waals surface area contributed by atoms with Gasteiger partial charge < -0.3 is 15.7 Å². The third-order valence-electron chi connectivity index (χ3n) is 2.70. The molecule has 0 saturated carbocycles. The van der Waals surface area contributed by atoms with Crippen LogP contribution in [-0.2, 0) is 6.54 Å². The van der Waals surface area contributed by atoms with Crippen molar-refractivity contribution in [3.8, 4) is 0 Å². The van der Waals surface area contributed by atoms with Crippen molar-refractivity contribution in [2.75, 3.05) is 13.6 Å². The Morgan fingerprint density at radius 1 is 1.56 bits per heavy atom. The van der Waals surface area contributed by atoms with Gasteiger partial charge in [-0.2, -0.15) is 0 Å². The molecule has 0 spiro atoms. The number of aliphatic hydroxyl groups excluding tert-OH is 1. The minimum Gasteiger partial charge on any atom is -0.393 e. The van der Waals surface area contributed by atoms with Crippen LogP contribution in [0.15, 0.2) is 18.2 Å². The van der Waals surface area contributed by atoms with Crippen LogP contribution < -0.4 is 5.73 Å². The molecular weight excluding hydrogens is 251 g/mol. The summed E-state index contributed by atoms with van der Waals surface area (Å²) in [4.78, 5) is 2.28. The summed E-state index contributed by atoms with van der Waals surface area (Å²) in [5.41, 5.74) is 7.09. The SMILES string of the molecule is CC(O)CCN(C)Cc1cc(F)ccc1C(N)=S. The smallest absolute Gasteiger partial charge is 0.123 e. The van der Waals surface area contributed by atoms with E-state index in [1.54, 1.807) is 13.0 Å². The van der Waals surface area contributed by atoms with E-state index in [0.717, 1.165) is 12.1 Å². The molecule has 0 aliphatic heterocycles. The van der Waals surface area contributed by atoms with E-state index in [-0.39, 0.29) is 16.9 Å². The Hall–Kier alpha value is -1.04. The Bertz CT molecular complexity index is 423. The standard InChI is InChI=1S/C13H19FN2OS/c1-9(17)5-6-16(2)8-10-7-11(14)3-4-12(10)13(15)18/h3-4,7,9,17H,5-6,8H2,1-2H3,(H2,15,18). The average molecular weight is 270 g/mol. The first-order valence-electron chi connectivity index (χ1n) is 5.85. The number of thiocarbonyl (C=S) groups is 1. The maximum Gasteiger partial charge on any atom is 0.123 e. The topological polar surface area (TPSA) is 49.5 Å². The van der Waals surface area contributed by atoms with E-state index < -0.39 is 0 Å². The second kappa shape index (κ2) is 6.78. The van der Waals surface area contributed by atoms with Crippen molar-refractivity contribution in [1.29, 1.82) is 0 Å². The van der Waals surface area contributed by atoms with E-state index in [0.29, 0.717) is 18.5 Å². The first-order valence-corrected chi connectivity index (χ1v) is 6.26. The van der Waals surface area contributed by atoms with Crippen LogP contribution in [0.5, 0.6) is 0 Å².